The van der Waals surface area contributed by atoms with Crippen molar-refractivity contribution in [2.45, 2.75) is 0 Å². The number of nitrogens with one attached hydrogen (secondary N) is 1. The van der Waals surface area contributed by atoms with Crippen LogP contribution < -0.4 is 10.2 Å². The fourth-order valence-electron chi connectivity index (χ4n) is 4.20. The Hall–Kier alpha value is -4.11. The third-order valence-corrected chi connectivity index (χ3v) is 6.12. The number of nitrogens with zero attached hydrogens (tertiary/aromatic N) is 7. The Kier molecular flexibility index (Phi) is 5.23. The minimum absolute atomic E-state index is 0.631. The largest absolute Gasteiger partial charge is 0.378 e. The van der Waals surface area contributed by atoms with Crippen LogP contribution >= 0.6 is 0 Å². The predicted molar refractivity (Wildman–Crippen MR) is 132 cm³/mol. The van der Waals surface area contributed by atoms with Gasteiger partial charge in [-0.15, -0.1) is 0 Å². The van der Waals surface area contributed by atoms with Gasteiger partial charge in [-0.1, -0.05) is 24.3 Å². The Morgan fingerprint density at radius 3 is 2.56 bits per heavy atom. The number of fused-ring (bicyclic) bond motifs is 1. The molecule has 2 aliphatic heterocycles. The number of azo groups is 1. The van der Waals surface area contributed by atoms with Gasteiger partial charge in [0.1, 0.15) is 5.82 Å². The lowest BCUT2D eigenvalue weighted by Gasteiger charge is -2.27. The van der Waals surface area contributed by atoms with Gasteiger partial charge in [-0.3, -0.25) is 4.68 Å². The predicted octanol–water partition coefficient (Wildman–Crippen LogP) is 4.42. The Morgan fingerprint density at radius 1 is 0.941 bits per heavy atom. The van der Waals surface area contributed by atoms with Crippen molar-refractivity contribution in [3.05, 3.63) is 66.5 Å². The fraction of sp³-hybridized carbons (Fsp3) is 0.240. The molecule has 2 aromatic carbocycles. The van der Waals surface area contributed by atoms with E-state index in [4.69, 9.17) is 14.7 Å². The third-order valence-electron chi connectivity index (χ3n) is 6.12. The van der Waals surface area contributed by atoms with E-state index in [1.165, 1.54) is 0 Å². The number of morpholine rings is 1. The van der Waals surface area contributed by atoms with Crippen molar-refractivity contribution >= 4 is 33.9 Å². The summed E-state index contributed by atoms with van der Waals surface area (Å²) in [4.78, 5) is 11.9. The van der Waals surface area contributed by atoms with Crippen molar-refractivity contribution in [2.24, 2.45) is 17.3 Å². The van der Waals surface area contributed by atoms with Crippen LogP contribution in [0.25, 0.3) is 27.7 Å². The molecular formula is C25H24N8O. The van der Waals surface area contributed by atoms with E-state index < -0.39 is 0 Å². The molecule has 2 aromatic heterocycles. The summed E-state index contributed by atoms with van der Waals surface area (Å²) in [6, 6.07) is 16.5. The number of aromatic nitrogens is 4. The van der Waals surface area contributed by atoms with Crippen LogP contribution in [-0.4, -0.2) is 52.6 Å². The number of ether oxygens (including phenoxy) is 1. The minimum Gasteiger partial charge on any atom is -0.378 e. The van der Waals surface area contributed by atoms with Gasteiger partial charge in [-0.05, 0) is 23.8 Å². The smallest absolute Gasteiger partial charge is 0.228 e. The van der Waals surface area contributed by atoms with Crippen molar-refractivity contribution in [1.29, 1.82) is 0 Å². The first-order valence-electron chi connectivity index (χ1n) is 11.3. The molecule has 1 saturated heterocycles. The Labute approximate surface area is 196 Å². The molecule has 0 saturated carbocycles. The highest BCUT2D eigenvalue weighted by atomic mass is 16.5. The van der Waals surface area contributed by atoms with E-state index in [1.807, 2.05) is 42.3 Å². The van der Waals surface area contributed by atoms with Crippen LogP contribution in [0.1, 0.15) is 5.56 Å². The second kappa shape index (κ2) is 8.68. The Morgan fingerprint density at radius 2 is 1.76 bits per heavy atom. The van der Waals surface area contributed by atoms with Gasteiger partial charge in [0.05, 0.1) is 43.4 Å². The Bertz CT molecular complexity index is 1400. The maximum Gasteiger partial charge on any atom is 0.228 e. The molecule has 0 atom stereocenters. The zero-order chi connectivity index (χ0) is 22.9. The molecule has 2 aliphatic rings. The topological polar surface area (TPSA) is 92.8 Å². The second-order valence-electron chi connectivity index (χ2n) is 8.35. The van der Waals surface area contributed by atoms with Crippen LogP contribution in [0.4, 0.5) is 17.5 Å². The lowest BCUT2D eigenvalue weighted by Crippen LogP contribution is -2.37. The highest BCUT2D eigenvalue weighted by Gasteiger charge is 2.17. The average molecular weight is 453 g/mol. The summed E-state index contributed by atoms with van der Waals surface area (Å²) < 4.78 is 7.41. The number of benzene rings is 2. The average Bonchev–Trinajstić information content (AvgIpc) is 3.55. The lowest BCUT2D eigenvalue weighted by atomic mass is 10.1. The molecule has 0 unspecified atom stereocenters. The van der Waals surface area contributed by atoms with E-state index >= 15 is 0 Å². The van der Waals surface area contributed by atoms with Crippen LogP contribution in [0.2, 0.25) is 0 Å². The number of hydrogen-bond acceptors (Lipinski definition) is 8. The Balaban J connectivity index is 1.35. The SMILES string of the molecule is Cn1ncc2ccc(-c3cc(Nc4ccc(C5=CN=NC5)cc4)nc(N4CCOCC4)n3)cc21. The number of aryl methyl sites for hydroxylation is 1. The number of anilines is 3. The van der Waals surface area contributed by atoms with Gasteiger partial charge in [0, 0.05) is 48.4 Å². The molecule has 6 rings (SSSR count). The van der Waals surface area contributed by atoms with Crippen LogP contribution in [0.15, 0.2) is 71.2 Å². The molecule has 0 spiro atoms. The van der Waals surface area contributed by atoms with E-state index in [9.17, 15) is 0 Å². The number of hydrogen-bond donors (Lipinski definition) is 1. The van der Waals surface area contributed by atoms with Crippen LogP contribution in [0.5, 0.6) is 0 Å². The summed E-state index contributed by atoms with van der Waals surface area (Å²) in [5.41, 5.74) is 6.14. The summed E-state index contributed by atoms with van der Waals surface area (Å²) >= 11 is 0. The maximum absolute atomic E-state index is 5.53. The molecule has 1 N–H and O–H groups in total. The molecular weight excluding hydrogens is 428 g/mol. The molecule has 1 fully saturated rings. The van der Waals surface area contributed by atoms with Crippen molar-refractivity contribution < 1.29 is 4.74 Å². The van der Waals surface area contributed by atoms with E-state index in [1.54, 1.807) is 0 Å². The van der Waals surface area contributed by atoms with E-state index in [0.717, 1.165) is 57.9 Å². The molecule has 9 nitrogen and oxygen atoms in total. The highest BCUT2D eigenvalue weighted by molar-refractivity contribution is 5.84. The monoisotopic (exact) mass is 452 g/mol. The lowest BCUT2D eigenvalue weighted by molar-refractivity contribution is 0.122. The molecule has 170 valence electrons. The molecule has 4 heterocycles. The van der Waals surface area contributed by atoms with Gasteiger partial charge in [-0.2, -0.15) is 20.3 Å². The van der Waals surface area contributed by atoms with Crippen LogP contribution in [-0.2, 0) is 11.8 Å². The normalized spacial score (nSPS) is 15.7. The van der Waals surface area contributed by atoms with Gasteiger partial charge < -0.3 is 15.0 Å². The quantitative estimate of drug-likeness (QED) is 0.482. The zero-order valence-corrected chi connectivity index (χ0v) is 18.8. The van der Waals surface area contributed by atoms with Crippen molar-refractivity contribution in [3.8, 4) is 11.3 Å². The zero-order valence-electron chi connectivity index (χ0n) is 18.8. The first-order chi connectivity index (χ1) is 16.7. The standard InChI is InChI=1S/C25H24N8O/c1-32-23-12-18(2-3-19(23)16-28-32)22-13-24(31-25(30-22)33-8-10-34-11-9-33)29-21-6-4-17(5-7-21)20-14-26-27-15-20/h2-7,12-14,16H,8-11,15H2,1H3,(H,29,30,31). The molecule has 0 amide bonds. The second-order valence-corrected chi connectivity index (χ2v) is 8.35. The number of rotatable bonds is 5. The van der Waals surface area contributed by atoms with Crippen LogP contribution in [0, 0.1) is 0 Å². The van der Waals surface area contributed by atoms with Crippen molar-refractivity contribution in [2.75, 3.05) is 43.1 Å². The van der Waals surface area contributed by atoms with E-state index in [-0.39, 0.29) is 0 Å². The molecule has 0 radical (unpaired) electrons. The molecule has 9 heteroatoms. The molecule has 34 heavy (non-hydrogen) atoms. The minimum atomic E-state index is 0.631. The van der Waals surface area contributed by atoms with Gasteiger partial charge in [-0.25, -0.2) is 4.98 Å². The summed E-state index contributed by atoms with van der Waals surface area (Å²) in [5.74, 6) is 1.44. The summed E-state index contributed by atoms with van der Waals surface area (Å²) in [7, 11) is 1.95. The molecule has 0 bridgehead atoms. The first-order valence-corrected chi connectivity index (χ1v) is 11.3. The van der Waals surface area contributed by atoms with Gasteiger partial charge in [0.15, 0.2) is 0 Å². The highest BCUT2D eigenvalue weighted by Crippen LogP contribution is 2.28. The van der Waals surface area contributed by atoms with Gasteiger partial charge >= 0.3 is 0 Å². The van der Waals surface area contributed by atoms with Crippen molar-refractivity contribution in [1.82, 2.24) is 19.7 Å². The first kappa shape index (κ1) is 20.5. The molecule has 0 aliphatic carbocycles. The van der Waals surface area contributed by atoms with Crippen LogP contribution in [0.3, 0.4) is 0 Å². The fourth-order valence-corrected chi connectivity index (χ4v) is 4.20. The molecule has 4 aromatic rings. The van der Waals surface area contributed by atoms with Crippen molar-refractivity contribution in [3.63, 3.8) is 0 Å². The summed E-state index contributed by atoms with van der Waals surface area (Å²) in [5, 5.41) is 16.9. The van der Waals surface area contributed by atoms with E-state index in [0.29, 0.717) is 25.7 Å². The van der Waals surface area contributed by atoms with Gasteiger partial charge in [0.25, 0.3) is 0 Å². The third kappa shape index (κ3) is 4.01. The van der Waals surface area contributed by atoms with Gasteiger partial charge in [0.2, 0.25) is 5.95 Å². The maximum atomic E-state index is 5.53. The summed E-state index contributed by atoms with van der Waals surface area (Å²) in [6.45, 7) is 3.51. The van der Waals surface area contributed by atoms with E-state index in [2.05, 4.69) is 55.9 Å². The summed E-state index contributed by atoms with van der Waals surface area (Å²) in [6.07, 6.45) is 3.69.